The van der Waals surface area contributed by atoms with E-state index in [-0.39, 0.29) is 6.04 Å². The van der Waals surface area contributed by atoms with Crippen molar-refractivity contribution >= 4 is 21.6 Å². The molecule has 3 heteroatoms. The van der Waals surface area contributed by atoms with E-state index in [0.29, 0.717) is 11.7 Å². The summed E-state index contributed by atoms with van der Waals surface area (Å²) in [5.74, 6) is 0.877. The molecule has 0 aliphatic heterocycles. The van der Waals surface area contributed by atoms with Gasteiger partial charge in [0.05, 0.1) is 6.04 Å². The van der Waals surface area contributed by atoms with Gasteiger partial charge in [-0.3, -0.25) is 0 Å². The molecule has 2 atom stereocenters. The van der Waals surface area contributed by atoms with Crippen molar-refractivity contribution in [1.29, 1.82) is 0 Å². The quantitative estimate of drug-likeness (QED) is 0.760. The highest BCUT2D eigenvalue weighted by molar-refractivity contribution is 9.10. The summed E-state index contributed by atoms with van der Waals surface area (Å²) in [5.41, 5.74) is 5.94. The van der Waals surface area contributed by atoms with Gasteiger partial charge in [-0.2, -0.15) is 0 Å². The maximum atomic E-state index is 10.3. The minimum absolute atomic E-state index is 0.171. The van der Waals surface area contributed by atoms with Crippen molar-refractivity contribution in [2.75, 3.05) is 5.32 Å². The molecule has 0 saturated heterocycles. The molecule has 1 aliphatic carbocycles. The lowest BCUT2D eigenvalue weighted by Gasteiger charge is -2.17. The van der Waals surface area contributed by atoms with E-state index in [2.05, 4.69) is 60.2 Å². The van der Waals surface area contributed by atoms with Gasteiger partial charge < -0.3 is 10.4 Å². The molecule has 110 valence electrons. The number of rotatable bonds is 2. The highest BCUT2D eigenvalue weighted by Gasteiger charge is 2.32. The van der Waals surface area contributed by atoms with Gasteiger partial charge in [0.15, 0.2) is 0 Å². The molecule has 0 fully saturated rings. The van der Waals surface area contributed by atoms with Crippen LogP contribution in [0.4, 0.5) is 5.69 Å². The molecule has 2 unspecified atom stereocenters. The van der Waals surface area contributed by atoms with Gasteiger partial charge in [0.25, 0.3) is 0 Å². The van der Waals surface area contributed by atoms with Crippen molar-refractivity contribution in [3.8, 4) is 5.75 Å². The van der Waals surface area contributed by atoms with Crippen LogP contribution in [-0.2, 0) is 0 Å². The number of fused-ring (bicyclic) bond motifs is 1. The van der Waals surface area contributed by atoms with Crippen LogP contribution in [0.15, 0.2) is 34.8 Å². The number of benzene rings is 2. The highest BCUT2D eigenvalue weighted by Crippen LogP contribution is 2.47. The third-order valence-corrected chi connectivity index (χ3v) is 5.28. The van der Waals surface area contributed by atoms with Crippen LogP contribution in [0, 0.1) is 13.8 Å². The monoisotopic (exact) mass is 345 g/mol. The van der Waals surface area contributed by atoms with Crippen LogP contribution >= 0.6 is 15.9 Å². The molecule has 2 aromatic carbocycles. The summed E-state index contributed by atoms with van der Waals surface area (Å²) in [7, 11) is 0. The smallest absolute Gasteiger partial charge is 0.121 e. The molecule has 0 bridgehead atoms. The molecule has 0 radical (unpaired) electrons. The number of phenolic OH excluding ortho intramolecular Hbond substituents is 1. The molecule has 1 aliphatic rings. The number of aromatic hydroxyl groups is 1. The van der Waals surface area contributed by atoms with E-state index in [4.69, 9.17) is 0 Å². The fourth-order valence-electron chi connectivity index (χ4n) is 3.36. The lowest BCUT2D eigenvalue weighted by Crippen LogP contribution is -2.07. The van der Waals surface area contributed by atoms with Crippen LogP contribution in [0.2, 0.25) is 0 Å². The van der Waals surface area contributed by atoms with E-state index < -0.39 is 0 Å². The topological polar surface area (TPSA) is 32.3 Å². The Morgan fingerprint density at radius 1 is 1.10 bits per heavy atom. The Labute approximate surface area is 134 Å². The largest absolute Gasteiger partial charge is 0.508 e. The Kier molecular flexibility index (Phi) is 3.70. The molecule has 2 N–H and O–H groups in total. The summed E-state index contributed by atoms with van der Waals surface area (Å²) in [6.45, 7) is 6.44. The lowest BCUT2D eigenvalue weighted by atomic mass is 9.97. The number of aryl methyl sites for hydroxylation is 2. The number of phenols is 1. The standard InChI is InChI=1S/C18H20BrNO/c1-10-4-6-13(9-14(10)19)20-15-8-12(3)17-11(2)5-7-16(21)18(15)17/h4-7,9,12,15,20-21H,8H2,1-3H3. The molecule has 0 saturated carbocycles. The Morgan fingerprint density at radius 2 is 1.81 bits per heavy atom. The molecule has 0 heterocycles. The number of nitrogens with one attached hydrogen (secondary N) is 1. The van der Waals surface area contributed by atoms with Gasteiger partial charge in [0.1, 0.15) is 5.75 Å². The van der Waals surface area contributed by atoms with E-state index in [1.807, 2.05) is 12.1 Å². The van der Waals surface area contributed by atoms with Crippen molar-refractivity contribution in [2.45, 2.75) is 39.2 Å². The van der Waals surface area contributed by atoms with Gasteiger partial charge in [-0.15, -0.1) is 0 Å². The van der Waals surface area contributed by atoms with Crippen molar-refractivity contribution < 1.29 is 5.11 Å². The lowest BCUT2D eigenvalue weighted by molar-refractivity contribution is 0.465. The fraction of sp³-hybridized carbons (Fsp3) is 0.333. The van der Waals surface area contributed by atoms with Crippen molar-refractivity contribution in [2.24, 2.45) is 0 Å². The van der Waals surface area contributed by atoms with E-state index in [1.54, 1.807) is 0 Å². The third kappa shape index (κ3) is 2.55. The van der Waals surface area contributed by atoms with Crippen molar-refractivity contribution in [3.05, 3.63) is 57.1 Å². The zero-order chi connectivity index (χ0) is 15.1. The van der Waals surface area contributed by atoms with Gasteiger partial charge >= 0.3 is 0 Å². The van der Waals surface area contributed by atoms with E-state index in [1.165, 1.54) is 16.7 Å². The highest BCUT2D eigenvalue weighted by atomic mass is 79.9. The van der Waals surface area contributed by atoms with Crippen LogP contribution in [0.3, 0.4) is 0 Å². The third-order valence-electron chi connectivity index (χ3n) is 4.43. The van der Waals surface area contributed by atoms with Gasteiger partial charge in [-0.1, -0.05) is 35.0 Å². The van der Waals surface area contributed by atoms with Crippen LogP contribution in [0.5, 0.6) is 5.75 Å². The number of hydrogen-bond donors (Lipinski definition) is 2. The van der Waals surface area contributed by atoms with E-state index in [0.717, 1.165) is 22.1 Å². The second-order valence-corrected chi connectivity index (χ2v) is 6.88. The van der Waals surface area contributed by atoms with E-state index in [9.17, 15) is 5.11 Å². The predicted octanol–water partition coefficient (Wildman–Crippen LogP) is 5.43. The zero-order valence-corrected chi connectivity index (χ0v) is 14.2. The second kappa shape index (κ2) is 5.38. The summed E-state index contributed by atoms with van der Waals surface area (Å²) in [5, 5.41) is 13.8. The summed E-state index contributed by atoms with van der Waals surface area (Å²) in [4.78, 5) is 0. The number of halogens is 1. The second-order valence-electron chi connectivity index (χ2n) is 6.03. The fourth-order valence-corrected chi connectivity index (χ4v) is 3.74. The number of hydrogen-bond acceptors (Lipinski definition) is 2. The first-order chi connectivity index (χ1) is 9.97. The van der Waals surface area contributed by atoms with Crippen LogP contribution in [0.1, 0.15) is 47.6 Å². The molecule has 0 spiro atoms. The minimum Gasteiger partial charge on any atom is -0.508 e. The average molecular weight is 346 g/mol. The first kappa shape index (κ1) is 14.5. The predicted molar refractivity (Wildman–Crippen MR) is 91.1 cm³/mol. The normalized spacial score (nSPS) is 20.4. The van der Waals surface area contributed by atoms with Gasteiger partial charge in [0.2, 0.25) is 0 Å². The minimum atomic E-state index is 0.171. The summed E-state index contributed by atoms with van der Waals surface area (Å²) in [6.07, 6.45) is 1.01. The molecule has 2 nitrogen and oxygen atoms in total. The molecule has 0 aromatic heterocycles. The molecule has 2 aromatic rings. The van der Waals surface area contributed by atoms with Gasteiger partial charge in [0, 0.05) is 15.7 Å². The summed E-state index contributed by atoms with van der Waals surface area (Å²) in [6, 6.07) is 10.3. The Bertz CT molecular complexity index is 696. The van der Waals surface area contributed by atoms with Crippen molar-refractivity contribution in [1.82, 2.24) is 0 Å². The first-order valence-corrected chi connectivity index (χ1v) is 8.11. The number of anilines is 1. The molecule has 0 amide bonds. The SMILES string of the molecule is Cc1ccc(NC2CC(C)c3c(C)ccc(O)c32)cc1Br. The van der Waals surface area contributed by atoms with Crippen LogP contribution < -0.4 is 5.32 Å². The molecular formula is C18H20BrNO. The van der Waals surface area contributed by atoms with E-state index >= 15 is 0 Å². The first-order valence-electron chi connectivity index (χ1n) is 7.32. The maximum Gasteiger partial charge on any atom is 0.121 e. The Morgan fingerprint density at radius 3 is 2.52 bits per heavy atom. The van der Waals surface area contributed by atoms with Crippen LogP contribution in [-0.4, -0.2) is 5.11 Å². The Hall–Kier alpha value is -1.48. The Balaban J connectivity index is 1.96. The zero-order valence-electron chi connectivity index (χ0n) is 12.6. The molecule has 3 rings (SSSR count). The summed E-state index contributed by atoms with van der Waals surface area (Å²) < 4.78 is 1.10. The van der Waals surface area contributed by atoms with Crippen LogP contribution in [0.25, 0.3) is 0 Å². The maximum absolute atomic E-state index is 10.3. The van der Waals surface area contributed by atoms with Crippen molar-refractivity contribution in [3.63, 3.8) is 0 Å². The molecular weight excluding hydrogens is 326 g/mol. The van der Waals surface area contributed by atoms with Gasteiger partial charge in [-0.05, 0) is 61.1 Å². The summed E-state index contributed by atoms with van der Waals surface area (Å²) >= 11 is 3.58. The van der Waals surface area contributed by atoms with Gasteiger partial charge in [-0.25, -0.2) is 0 Å². The average Bonchev–Trinajstić information content (AvgIpc) is 2.76. The molecule has 21 heavy (non-hydrogen) atoms.